The molecule has 0 aliphatic heterocycles. The molecule has 1 aromatic carbocycles. The highest BCUT2D eigenvalue weighted by atomic mass is 15.3. The lowest BCUT2D eigenvalue weighted by molar-refractivity contribution is 0.767. The number of benzene rings is 1. The number of rotatable bonds is 3. The van der Waals surface area contributed by atoms with Crippen LogP contribution in [0.25, 0.3) is 21.9 Å². The van der Waals surface area contributed by atoms with E-state index in [4.69, 9.17) is 0 Å². The van der Waals surface area contributed by atoms with E-state index in [-0.39, 0.29) is 0 Å². The van der Waals surface area contributed by atoms with E-state index in [1.165, 1.54) is 12.8 Å². The van der Waals surface area contributed by atoms with Gasteiger partial charge < -0.3 is 5.32 Å². The molecule has 5 rings (SSSR count). The first-order valence-electron chi connectivity index (χ1n) is 7.82. The van der Waals surface area contributed by atoms with Crippen molar-refractivity contribution in [3.05, 3.63) is 42.2 Å². The van der Waals surface area contributed by atoms with Crippen molar-refractivity contribution >= 4 is 33.4 Å². The van der Waals surface area contributed by atoms with E-state index >= 15 is 0 Å². The van der Waals surface area contributed by atoms with Crippen molar-refractivity contribution in [1.82, 2.24) is 25.0 Å². The number of fused-ring (bicyclic) bond motifs is 2. The van der Waals surface area contributed by atoms with Gasteiger partial charge in [-0.3, -0.25) is 14.8 Å². The topological polar surface area (TPSA) is 71.4 Å². The summed E-state index contributed by atoms with van der Waals surface area (Å²) in [6, 6.07) is 10.1. The predicted octanol–water partition coefficient (Wildman–Crippen LogP) is 3.47. The van der Waals surface area contributed by atoms with Crippen molar-refractivity contribution in [2.45, 2.75) is 18.8 Å². The summed E-state index contributed by atoms with van der Waals surface area (Å²) >= 11 is 0. The lowest BCUT2D eigenvalue weighted by atomic mass is 10.2. The van der Waals surface area contributed by atoms with Crippen molar-refractivity contribution in [3.8, 4) is 0 Å². The van der Waals surface area contributed by atoms with Crippen LogP contribution in [-0.4, -0.2) is 25.0 Å². The van der Waals surface area contributed by atoms with Crippen LogP contribution in [0.15, 0.2) is 36.5 Å². The van der Waals surface area contributed by atoms with Crippen molar-refractivity contribution in [3.63, 3.8) is 0 Å². The molecule has 23 heavy (non-hydrogen) atoms. The Bertz CT molecular complexity index is 1020. The molecule has 2 N–H and O–H groups in total. The number of hydrogen-bond donors (Lipinski definition) is 2. The average molecular weight is 304 g/mol. The monoisotopic (exact) mass is 304 g/mol. The van der Waals surface area contributed by atoms with Crippen molar-refractivity contribution < 1.29 is 0 Å². The van der Waals surface area contributed by atoms with Crippen LogP contribution in [0.3, 0.4) is 0 Å². The molecule has 0 spiro atoms. The maximum atomic E-state index is 4.64. The molecule has 1 saturated carbocycles. The van der Waals surface area contributed by atoms with E-state index < -0.39 is 0 Å². The van der Waals surface area contributed by atoms with Crippen LogP contribution >= 0.6 is 0 Å². The van der Waals surface area contributed by atoms with Gasteiger partial charge in [-0.1, -0.05) is 12.1 Å². The summed E-state index contributed by atoms with van der Waals surface area (Å²) < 4.78 is 1.92. The second kappa shape index (κ2) is 4.55. The van der Waals surface area contributed by atoms with Gasteiger partial charge in [0, 0.05) is 18.4 Å². The number of para-hydroxylation sites is 1. The Hall–Kier alpha value is -2.89. The van der Waals surface area contributed by atoms with Gasteiger partial charge in [-0.05, 0) is 31.0 Å². The summed E-state index contributed by atoms with van der Waals surface area (Å²) in [5.41, 5.74) is 5.14. The van der Waals surface area contributed by atoms with Crippen molar-refractivity contribution in [2.75, 3.05) is 5.32 Å². The third-order valence-electron chi connectivity index (χ3n) is 4.41. The second-order valence-corrected chi connectivity index (χ2v) is 6.12. The number of aryl methyl sites for hydroxylation is 1. The molecule has 1 fully saturated rings. The van der Waals surface area contributed by atoms with E-state index in [2.05, 4.69) is 31.7 Å². The third-order valence-corrected chi connectivity index (χ3v) is 4.41. The van der Waals surface area contributed by atoms with E-state index in [0.29, 0.717) is 5.92 Å². The Kier molecular flexibility index (Phi) is 2.50. The van der Waals surface area contributed by atoms with Crippen LogP contribution in [0, 0.1) is 0 Å². The van der Waals surface area contributed by atoms with Crippen LogP contribution in [0.5, 0.6) is 0 Å². The lowest BCUT2D eigenvalue weighted by Crippen LogP contribution is -1.94. The molecule has 6 heteroatoms. The Balaban J connectivity index is 1.57. The highest BCUT2D eigenvalue weighted by molar-refractivity contribution is 5.92. The standard InChI is InChI=1S/C17H16N6/c1-23-14-8-11(9-18-16(14)15(22-23)10-6-7-10)19-17-12-4-2-3-5-13(12)20-21-17/h2-5,8-10H,6-7H2,1H3,(H2,19,20,21). The van der Waals surface area contributed by atoms with Crippen LogP contribution in [0.2, 0.25) is 0 Å². The van der Waals surface area contributed by atoms with Gasteiger partial charge in [-0.2, -0.15) is 10.2 Å². The van der Waals surface area contributed by atoms with Gasteiger partial charge in [0.05, 0.1) is 28.6 Å². The molecule has 3 heterocycles. The molecule has 4 aromatic rings. The van der Waals surface area contributed by atoms with E-state index in [0.717, 1.165) is 39.1 Å². The van der Waals surface area contributed by atoms with Crippen LogP contribution in [0.4, 0.5) is 11.5 Å². The number of nitrogens with one attached hydrogen (secondary N) is 2. The summed E-state index contributed by atoms with van der Waals surface area (Å²) in [4.78, 5) is 4.64. The zero-order valence-corrected chi connectivity index (χ0v) is 12.7. The summed E-state index contributed by atoms with van der Waals surface area (Å²) in [5.74, 6) is 1.41. The normalized spacial score (nSPS) is 14.7. The molecule has 0 radical (unpaired) electrons. The van der Waals surface area contributed by atoms with E-state index in [1.807, 2.05) is 42.2 Å². The van der Waals surface area contributed by atoms with Gasteiger partial charge >= 0.3 is 0 Å². The number of H-pyrrole nitrogens is 1. The number of aromatic nitrogens is 5. The summed E-state index contributed by atoms with van der Waals surface area (Å²) in [7, 11) is 1.98. The van der Waals surface area contributed by atoms with Crippen LogP contribution in [0.1, 0.15) is 24.5 Å². The molecule has 0 atom stereocenters. The number of aromatic amines is 1. The zero-order valence-electron chi connectivity index (χ0n) is 12.7. The molecule has 6 nitrogen and oxygen atoms in total. The number of pyridine rings is 1. The van der Waals surface area contributed by atoms with Crippen molar-refractivity contribution in [2.24, 2.45) is 7.05 Å². The Morgan fingerprint density at radius 2 is 2.13 bits per heavy atom. The first-order chi connectivity index (χ1) is 11.3. The molecule has 0 unspecified atom stereocenters. The quantitative estimate of drug-likeness (QED) is 0.608. The Labute approximate surface area is 132 Å². The minimum atomic E-state index is 0.597. The first kappa shape index (κ1) is 12.6. The van der Waals surface area contributed by atoms with Gasteiger partial charge in [-0.25, -0.2) is 0 Å². The second-order valence-electron chi connectivity index (χ2n) is 6.12. The maximum Gasteiger partial charge on any atom is 0.160 e. The molecule has 1 aliphatic carbocycles. The van der Waals surface area contributed by atoms with Gasteiger partial charge in [0.25, 0.3) is 0 Å². The predicted molar refractivity (Wildman–Crippen MR) is 89.9 cm³/mol. The minimum absolute atomic E-state index is 0.597. The molecule has 114 valence electrons. The number of hydrogen-bond acceptors (Lipinski definition) is 4. The smallest absolute Gasteiger partial charge is 0.160 e. The van der Waals surface area contributed by atoms with Gasteiger partial charge in [0.1, 0.15) is 5.52 Å². The molecule has 0 saturated heterocycles. The van der Waals surface area contributed by atoms with Gasteiger partial charge in [0.15, 0.2) is 5.82 Å². The van der Waals surface area contributed by atoms with Gasteiger partial charge in [-0.15, -0.1) is 0 Å². The summed E-state index contributed by atoms with van der Waals surface area (Å²) in [6.07, 6.45) is 4.32. The molecule has 0 amide bonds. The molecule has 3 aromatic heterocycles. The summed E-state index contributed by atoms with van der Waals surface area (Å²) in [5, 5.41) is 16.4. The minimum Gasteiger partial charge on any atom is -0.337 e. The maximum absolute atomic E-state index is 4.64. The van der Waals surface area contributed by atoms with Crippen molar-refractivity contribution in [1.29, 1.82) is 0 Å². The SMILES string of the molecule is Cn1nc(C2CC2)c2ncc(Nc3n[nH]c4ccccc34)cc21. The fourth-order valence-electron chi connectivity index (χ4n) is 3.06. The highest BCUT2D eigenvalue weighted by Crippen LogP contribution is 2.42. The molecular formula is C17H16N6. The van der Waals surface area contributed by atoms with E-state index in [9.17, 15) is 0 Å². The van der Waals surface area contributed by atoms with E-state index in [1.54, 1.807) is 0 Å². The third kappa shape index (κ3) is 1.98. The van der Waals surface area contributed by atoms with Gasteiger partial charge in [0.2, 0.25) is 0 Å². The largest absolute Gasteiger partial charge is 0.337 e. The number of anilines is 2. The lowest BCUT2D eigenvalue weighted by Gasteiger charge is -2.04. The molecule has 1 aliphatic rings. The molecular weight excluding hydrogens is 288 g/mol. The first-order valence-corrected chi connectivity index (χ1v) is 7.82. The number of nitrogens with zero attached hydrogens (tertiary/aromatic N) is 4. The summed E-state index contributed by atoms with van der Waals surface area (Å²) in [6.45, 7) is 0. The highest BCUT2D eigenvalue weighted by Gasteiger charge is 2.29. The molecule has 0 bridgehead atoms. The fraction of sp³-hybridized carbons (Fsp3) is 0.235. The average Bonchev–Trinajstić information content (AvgIpc) is 3.27. The zero-order chi connectivity index (χ0) is 15.4. The van der Waals surface area contributed by atoms with Crippen LogP contribution < -0.4 is 5.32 Å². The fourth-order valence-corrected chi connectivity index (χ4v) is 3.06. The Morgan fingerprint density at radius 1 is 1.26 bits per heavy atom. The van der Waals surface area contributed by atoms with Crippen LogP contribution in [-0.2, 0) is 7.05 Å². The Morgan fingerprint density at radius 3 is 3.00 bits per heavy atom.